The third kappa shape index (κ3) is 2.90. The van der Waals surface area contributed by atoms with Crippen molar-refractivity contribution in [3.63, 3.8) is 0 Å². The number of rotatable bonds is 5. The zero-order chi connectivity index (χ0) is 21.0. The quantitative estimate of drug-likeness (QED) is 0.565. The predicted molar refractivity (Wildman–Crippen MR) is 108 cm³/mol. The van der Waals surface area contributed by atoms with Crippen molar-refractivity contribution in [2.75, 3.05) is 5.43 Å². The number of fused-ring (bicyclic) bond motifs is 1. The molecule has 2 saturated heterocycles. The van der Waals surface area contributed by atoms with Crippen LogP contribution in [0.4, 0.5) is 17.1 Å². The number of hydrogen-bond acceptors (Lipinski definition) is 7. The third-order valence-electron chi connectivity index (χ3n) is 7.24. The fraction of sp³-hybridized carbons (Fsp3) is 0.650. The molecule has 0 amide bonds. The first-order chi connectivity index (χ1) is 13.7. The van der Waals surface area contributed by atoms with Gasteiger partial charge >= 0.3 is 5.69 Å². The van der Waals surface area contributed by atoms with E-state index in [0.717, 1.165) is 43.9 Å². The molecular weight excluding hydrogens is 376 g/mol. The molecule has 4 rings (SSSR count). The number of anilines is 1. The van der Waals surface area contributed by atoms with Gasteiger partial charge in [-0.05, 0) is 50.0 Å². The molecule has 3 aliphatic rings. The predicted octanol–water partition coefficient (Wildman–Crippen LogP) is 4.66. The Labute approximate surface area is 168 Å². The van der Waals surface area contributed by atoms with Crippen molar-refractivity contribution in [3.8, 4) is 0 Å². The zero-order valence-corrected chi connectivity index (χ0v) is 16.9. The first-order valence-corrected chi connectivity index (χ1v) is 10.1. The van der Waals surface area contributed by atoms with Gasteiger partial charge in [0.25, 0.3) is 5.69 Å². The lowest BCUT2D eigenvalue weighted by Gasteiger charge is -2.42. The summed E-state index contributed by atoms with van der Waals surface area (Å²) in [4.78, 5) is 21.1. The van der Waals surface area contributed by atoms with Crippen molar-refractivity contribution < 1.29 is 14.6 Å². The van der Waals surface area contributed by atoms with Crippen molar-refractivity contribution >= 4 is 22.8 Å². The van der Waals surface area contributed by atoms with E-state index < -0.39 is 15.4 Å². The largest absolute Gasteiger partial charge is 0.365 e. The lowest BCUT2D eigenvalue weighted by molar-refractivity contribution is -0.393. The molecule has 2 bridgehead atoms. The van der Waals surface area contributed by atoms with Gasteiger partial charge in [-0.25, -0.2) is 0 Å². The summed E-state index contributed by atoms with van der Waals surface area (Å²) in [5, 5.41) is 26.9. The van der Waals surface area contributed by atoms with Crippen molar-refractivity contribution in [1.82, 2.24) is 0 Å². The number of nitro benzene ring substituents is 2. The number of hydrazone groups is 1. The lowest BCUT2D eigenvalue weighted by atomic mass is 9.65. The third-order valence-corrected chi connectivity index (χ3v) is 7.24. The van der Waals surface area contributed by atoms with Gasteiger partial charge in [0, 0.05) is 11.5 Å². The van der Waals surface area contributed by atoms with Crippen LogP contribution in [0.2, 0.25) is 0 Å². The summed E-state index contributed by atoms with van der Waals surface area (Å²) in [5.74, 6) is 1.09. The first-order valence-electron chi connectivity index (χ1n) is 10.1. The van der Waals surface area contributed by atoms with Crippen LogP contribution >= 0.6 is 0 Å². The number of nitrogens with zero attached hydrogens (tertiary/aromatic N) is 3. The smallest absolute Gasteiger partial charge is 0.301 e. The van der Waals surface area contributed by atoms with E-state index in [9.17, 15) is 20.2 Å². The SMILES string of the molecule is CC(C)[C@H]1CC[C@@]23O[C@@H](CC/C2=N/Nc2ccc([N+](=O)[O-])cc2[N+](=O)[O-])C[C@]13C. The fourth-order valence-corrected chi connectivity index (χ4v) is 6.00. The van der Waals surface area contributed by atoms with Crippen LogP contribution in [-0.2, 0) is 4.74 Å². The maximum atomic E-state index is 11.4. The van der Waals surface area contributed by atoms with Crippen molar-refractivity contribution in [2.45, 2.75) is 64.6 Å². The van der Waals surface area contributed by atoms with E-state index in [1.54, 1.807) is 0 Å². The van der Waals surface area contributed by atoms with Crippen LogP contribution in [0, 0.1) is 37.5 Å². The summed E-state index contributed by atoms with van der Waals surface area (Å²) in [6, 6.07) is 3.54. The second kappa shape index (κ2) is 6.76. The molecule has 3 fully saturated rings. The van der Waals surface area contributed by atoms with Gasteiger partial charge in [-0.1, -0.05) is 20.8 Å². The Kier molecular flexibility index (Phi) is 4.60. The number of benzene rings is 1. The lowest BCUT2D eigenvalue weighted by Crippen LogP contribution is -2.50. The van der Waals surface area contributed by atoms with E-state index in [4.69, 9.17) is 4.74 Å². The molecule has 0 unspecified atom stereocenters. The average Bonchev–Trinajstić information content (AvgIpc) is 3.05. The van der Waals surface area contributed by atoms with Crippen LogP contribution in [0.25, 0.3) is 0 Å². The van der Waals surface area contributed by atoms with Gasteiger partial charge in [-0.15, -0.1) is 0 Å². The normalized spacial score (nSPS) is 34.4. The molecule has 9 nitrogen and oxygen atoms in total. The van der Waals surface area contributed by atoms with E-state index in [1.165, 1.54) is 12.1 Å². The van der Waals surface area contributed by atoms with E-state index in [2.05, 4.69) is 31.3 Å². The van der Waals surface area contributed by atoms with Crippen molar-refractivity contribution in [2.24, 2.45) is 22.4 Å². The number of hydrogen-bond donors (Lipinski definition) is 1. The van der Waals surface area contributed by atoms with Gasteiger partial charge in [0.15, 0.2) is 0 Å². The Morgan fingerprint density at radius 3 is 2.66 bits per heavy atom. The van der Waals surface area contributed by atoms with Crippen LogP contribution in [0.1, 0.15) is 52.9 Å². The summed E-state index contributed by atoms with van der Waals surface area (Å²) in [7, 11) is 0. The van der Waals surface area contributed by atoms with Gasteiger partial charge < -0.3 is 4.74 Å². The molecule has 1 saturated carbocycles. The number of ether oxygens (including phenoxy) is 1. The molecule has 156 valence electrons. The van der Waals surface area contributed by atoms with Crippen molar-refractivity contribution in [3.05, 3.63) is 38.4 Å². The fourth-order valence-electron chi connectivity index (χ4n) is 6.00. The highest BCUT2D eigenvalue weighted by Crippen LogP contribution is 2.65. The molecule has 1 aliphatic carbocycles. The molecule has 2 heterocycles. The van der Waals surface area contributed by atoms with E-state index in [-0.39, 0.29) is 28.6 Å². The van der Waals surface area contributed by atoms with Gasteiger partial charge in [0.2, 0.25) is 0 Å². The topological polar surface area (TPSA) is 120 Å². The van der Waals surface area contributed by atoms with Crippen LogP contribution in [-0.4, -0.2) is 27.3 Å². The molecule has 29 heavy (non-hydrogen) atoms. The molecule has 1 spiro atoms. The Hall–Kier alpha value is -2.55. The Morgan fingerprint density at radius 1 is 1.24 bits per heavy atom. The molecule has 9 heteroatoms. The van der Waals surface area contributed by atoms with Crippen molar-refractivity contribution in [1.29, 1.82) is 0 Å². The monoisotopic (exact) mass is 402 g/mol. The highest BCUT2D eigenvalue weighted by molar-refractivity contribution is 5.96. The van der Waals surface area contributed by atoms with Gasteiger partial charge in [-0.2, -0.15) is 5.10 Å². The van der Waals surface area contributed by atoms with Crippen LogP contribution in [0.15, 0.2) is 23.3 Å². The second-order valence-corrected chi connectivity index (χ2v) is 9.00. The minimum absolute atomic E-state index is 0.00422. The highest BCUT2D eigenvalue weighted by atomic mass is 16.6. The Balaban J connectivity index is 1.68. The molecule has 1 aromatic carbocycles. The molecule has 2 aliphatic heterocycles. The standard InChI is InChI=1S/C20H26N4O5/c1-12(2)15-8-9-20-18(7-5-14(29-20)11-19(15,20)3)22-21-16-6-4-13(23(25)26)10-17(16)24(27)28/h4,6,10,12,14-15,21H,5,7-9,11H2,1-3H3/b22-18-/t14-,15+,19+,20+/m0/s1. The summed E-state index contributed by atoms with van der Waals surface area (Å²) >= 11 is 0. The van der Waals surface area contributed by atoms with Gasteiger partial charge in [0.1, 0.15) is 11.3 Å². The highest BCUT2D eigenvalue weighted by Gasteiger charge is 2.67. The molecule has 0 radical (unpaired) electrons. The average molecular weight is 402 g/mol. The Morgan fingerprint density at radius 2 is 2.00 bits per heavy atom. The van der Waals surface area contributed by atoms with E-state index >= 15 is 0 Å². The second-order valence-electron chi connectivity index (χ2n) is 9.00. The Bertz CT molecular complexity index is 901. The van der Waals surface area contributed by atoms with Gasteiger partial charge in [-0.3, -0.25) is 25.7 Å². The minimum Gasteiger partial charge on any atom is -0.365 e. The minimum atomic E-state index is -0.648. The van der Waals surface area contributed by atoms with Crippen LogP contribution in [0.5, 0.6) is 0 Å². The maximum absolute atomic E-state index is 11.4. The zero-order valence-electron chi connectivity index (χ0n) is 16.9. The molecule has 1 aromatic rings. The number of nitro groups is 2. The molecule has 1 N–H and O–H groups in total. The van der Waals surface area contributed by atoms with E-state index in [1.807, 2.05) is 0 Å². The summed E-state index contributed by atoms with van der Waals surface area (Å²) in [6.07, 6.45) is 4.94. The summed E-state index contributed by atoms with van der Waals surface area (Å²) in [5.41, 5.74) is 2.77. The number of nitrogens with one attached hydrogen (secondary N) is 1. The maximum Gasteiger partial charge on any atom is 0.301 e. The van der Waals surface area contributed by atoms with Crippen LogP contribution in [0.3, 0.4) is 0 Å². The molecular formula is C20H26N4O5. The number of non-ortho nitro benzene ring substituents is 1. The van der Waals surface area contributed by atoms with E-state index in [0.29, 0.717) is 11.8 Å². The molecule has 4 atom stereocenters. The van der Waals surface area contributed by atoms with Crippen LogP contribution < -0.4 is 5.43 Å². The summed E-state index contributed by atoms with van der Waals surface area (Å²) < 4.78 is 6.53. The first kappa shape index (κ1) is 19.8. The summed E-state index contributed by atoms with van der Waals surface area (Å²) in [6.45, 7) is 6.82. The van der Waals surface area contributed by atoms with Gasteiger partial charge in [0.05, 0.1) is 27.7 Å². The molecule has 0 aromatic heterocycles.